The molecule has 1 N–H and O–H groups in total. The molecule has 1 atom stereocenters. The molecule has 1 saturated heterocycles. The molecule has 1 aromatic rings. The van der Waals surface area contributed by atoms with Crippen molar-refractivity contribution in [3.63, 3.8) is 0 Å². The molecule has 1 heterocycles. The Balaban J connectivity index is 2.27. The van der Waals surface area contributed by atoms with Crippen LogP contribution in [-0.2, 0) is 0 Å². The van der Waals surface area contributed by atoms with Gasteiger partial charge >= 0.3 is 0 Å². The van der Waals surface area contributed by atoms with Gasteiger partial charge in [0, 0.05) is 6.07 Å². The molecule has 0 aliphatic carbocycles. The summed E-state index contributed by atoms with van der Waals surface area (Å²) < 4.78 is 11.5. The van der Waals surface area contributed by atoms with Crippen LogP contribution in [0.15, 0.2) is 18.2 Å². The molecule has 1 aromatic carbocycles. The summed E-state index contributed by atoms with van der Waals surface area (Å²) in [6, 6.07) is 5.39. The second kappa shape index (κ2) is 6.94. The molecule has 2 rings (SSSR count). The van der Waals surface area contributed by atoms with E-state index in [9.17, 15) is 4.79 Å². The summed E-state index contributed by atoms with van der Waals surface area (Å²) in [4.78, 5) is 12.6. The number of rotatable bonds is 6. The molecule has 21 heavy (non-hydrogen) atoms. The highest BCUT2D eigenvalue weighted by Gasteiger charge is 2.26. The van der Waals surface area contributed by atoms with Crippen LogP contribution in [0.4, 0.5) is 0 Å². The predicted octanol–water partition coefficient (Wildman–Crippen LogP) is 3.20. The summed E-state index contributed by atoms with van der Waals surface area (Å²) in [6.45, 7) is 8.77. The maximum absolute atomic E-state index is 12.6. The van der Waals surface area contributed by atoms with Crippen LogP contribution in [0.3, 0.4) is 0 Å². The minimum absolute atomic E-state index is 0.0161. The first kappa shape index (κ1) is 15.8. The Morgan fingerprint density at radius 2 is 1.90 bits per heavy atom. The van der Waals surface area contributed by atoms with Crippen molar-refractivity contribution in [1.29, 1.82) is 0 Å². The first-order valence-electron chi connectivity index (χ1n) is 7.72. The standard InChI is InChI=1S/C17H25NO3/c1-11(2)20-13-7-8-14(16(10-13)21-12(3)4)17(19)15-6-5-9-18-15/h7-8,10-12,15,18H,5-6,9H2,1-4H3. The van der Waals surface area contributed by atoms with Crippen LogP contribution in [0.25, 0.3) is 0 Å². The molecule has 1 fully saturated rings. The van der Waals surface area contributed by atoms with Crippen molar-refractivity contribution >= 4 is 5.78 Å². The highest BCUT2D eigenvalue weighted by molar-refractivity contribution is 6.02. The quantitative estimate of drug-likeness (QED) is 0.818. The van der Waals surface area contributed by atoms with Crippen molar-refractivity contribution in [3.05, 3.63) is 23.8 Å². The number of hydrogen-bond donors (Lipinski definition) is 1. The molecule has 1 unspecified atom stereocenters. The molecule has 0 aromatic heterocycles. The maximum atomic E-state index is 12.6. The average molecular weight is 291 g/mol. The van der Waals surface area contributed by atoms with Gasteiger partial charge in [0.05, 0.1) is 23.8 Å². The molecule has 4 heteroatoms. The molecule has 0 bridgehead atoms. The number of Topliss-reactive ketones (excluding diaryl/α,β-unsaturated/α-hetero) is 1. The normalized spacial score (nSPS) is 18.3. The van der Waals surface area contributed by atoms with Gasteiger partial charge in [0.25, 0.3) is 0 Å². The fourth-order valence-electron chi connectivity index (χ4n) is 2.50. The van der Waals surface area contributed by atoms with Crippen molar-refractivity contribution in [3.8, 4) is 11.5 Å². The van der Waals surface area contributed by atoms with E-state index < -0.39 is 0 Å². The highest BCUT2D eigenvalue weighted by Crippen LogP contribution is 2.28. The van der Waals surface area contributed by atoms with Gasteiger partial charge in [0.15, 0.2) is 5.78 Å². The summed E-state index contributed by atoms with van der Waals surface area (Å²) in [6.07, 6.45) is 2.05. The van der Waals surface area contributed by atoms with Crippen molar-refractivity contribution in [2.45, 2.75) is 58.8 Å². The summed E-state index contributed by atoms with van der Waals surface area (Å²) in [5, 5.41) is 3.25. The van der Waals surface area contributed by atoms with Gasteiger partial charge < -0.3 is 14.8 Å². The lowest BCUT2D eigenvalue weighted by atomic mass is 10.0. The second-order valence-corrected chi connectivity index (χ2v) is 6.00. The Labute approximate surface area is 126 Å². The van der Waals surface area contributed by atoms with Gasteiger partial charge in [-0.25, -0.2) is 0 Å². The van der Waals surface area contributed by atoms with Crippen LogP contribution in [-0.4, -0.2) is 30.6 Å². The highest BCUT2D eigenvalue weighted by atomic mass is 16.5. The van der Waals surface area contributed by atoms with Crippen molar-refractivity contribution in [2.24, 2.45) is 0 Å². The van der Waals surface area contributed by atoms with Crippen LogP contribution in [0.5, 0.6) is 11.5 Å². The van der Waals surface area contributed by atoms with E-state index in [1.165, 1.54) is 0 Å². The summed E-state index contributed by atoms with van der Waals surface area (Å²) in [5.74, 6) is 1.46. The lowest BCUT2D eigenvalue weighted by molar-refractivity contribution is 0.0946. The topological polar surface area (TPSA) is 47.6 Å². The van der Waals surface area contributed by atoms with Crippen LogP contribution < -0.4 is 14.8 Å². The van der Waals surface area contributed by atoms with Crippen LogP contribution >= 0.6 is 0 Å². The molecule has 0 amide bonds. The maximum Gasteiger partial charge on any atom is 0.183 e. The fraction of sp³-hybridized carbons (Fsp3) is 0.588. The minimum atomic E-state index is -0.0867. The van der Waals surface area contributed by atoms with E-state index in [1.54, 1.807) is 0 Å². The average Bonchev–Trinajstić information content (AvgIpc) is 2.90. The van der Waals surface area contributed by atoms with E-state index in [2.05, 4.69) is 5.32 Å². The van der Waals surface area contributed by atoms with Gasteiger partial charge in [-0.2, -0.15) is 0 Å². The lowest BCUT2D eigenvalue weighted by Crippen LogP contribution is -2.31. The van der Waals surface area contributed by atoms with Crippen molar-refractivity contribution in [1.82, 2.24) is 5.32 Å². The SMILES string of the molecule is CC(C)Oc1ccc(C(=O)C2CCCN2)c(OC(C)C)c1. The van der Waals surface area contributed by atoms with Gasteiger partial charge in [-0.05, 0) is 59.2 Å². The molecule has 1 aliphatic rings. The van der Waals surface area contributed by atoms with Crippen LogP contribution in [0, 0.1) is 0 Å². The van der Waals surface area contributed by atoms with E-state index in [0.717, 1.165) is 25.1 Å². The lowest BCUT2D eigenvalue weighted by Gasteiger charge is -2.18. The number of ketones is 1. The Bertz CT molecular complexity index is 491. The van der Waals surface area contributed by atoms with Crippen LogP contribution in [0.2, 0.25) is 0 Å². The molecule has 0 saturated carbocycles. The van der Waals surface area contributed by atoms with Gasteiger partial charge in [-0.3, -0.25) is 4.79 Å². The first-order chi connectivity index (χ1) is 9.97. The van der Waals surface area contributed by atoms with E-state index >= 15 is 0 Å². The smallest absolute Gasteiger partial charge is 0.183 e. The Kier molecular flexibility index (Phi) is 5.23. The Hall–Kier alpha value is -1.55. The summed E-state index contributed by atoms with van der Waals surface area (Å²) >= 11 is 0. The molecule has 0 radical (unpaired) electrons. The number of benzene rings is 1. The predicted molar refractivity (Wildman–Crippen MR) is 83.3 cm³/mol. The summed E-state index contributed by atoms with van der Waals surface area (Å²) in [7, 11) is 0. The Morgan fingerprint density at radius 1 is 1.19 bits per heavy atom. The number of carbonyl (C=O) groups excluding carboxylic acids is 1. The molecule has 4 nitrogen and oxygen atoms in total. The van der Waals surface area contributed by atoms with Gasteiger partial charge in [-0.15, -0.1) is 0 Å². The zero-order valence-electron chi connectivity index (χ0n) is 13.3. The van der Waals surface area contributed by atoms with Crippen molar-refractivity contribution < 1.29 is 14.3 Å². The second-order valence-electron chi connectivity index (χ2n) is 6.00. The van der Waals surface area contributed by atoms with Gasteiger partial charge in [0.1, 0.15) is 11.5 Å². The van der Waals surface area contributed by atoms with E-state index in [-0.39, 0.29) is 24.0 Å². The number of carbonyl (C=O) groups is 1. The molecular formula is C17H25NO3. The number of hydrogen-bond acceptors (Lipinski definition) is 4. The monoisotopic (exact) mass is 291 g/mol. The molecule has 116 valence electrons. The van der Waals surface area contributed by atoms with Crippen molar-refractivity contribution in [2.75, 3.05) is 6.54 Å². The van der Waals surface area contributed by atoms with Gasteiger partial charge in [-0.1, -0.05) is 0 Å². The minimum Gasteiger partial charge on any atom is -0.491 e. The first-order valence-corrected chi connectivity index (χ1v) is 7.72. The molecular weight excluding hydrogens is 266 g/mol. The molecule has 1 aliphatic heterocycles. The van der Waals surface area contributed by atoms with E-state index in [0.29, 0.717) is 11.3 Å². The van der Waals surface area contributed by atoms with Crippen LogP contribution in [0.1, 0.15) is 50.9 Å². The summed E-state index contributed by atoms with van der Waals surface area (Å²) in [5.41, 5.74) is 0.638. The number of nitrogens with one attached hydrogen (secondary N) is 1. The van der Waals surface area contributed by atoms with Gasteiger partial charge in [0.2, 0.25) is 0 Å². The Morgan fingerprint density at radius 3 is 2.48 bits per heavy atom. The number of ether oxygens (including phenoxy) is 2. The largest absolute Gasteiger partial charge is 0.491 e. The third-order valence-electron chi connectivity index (χ3n) is 3.33. The van der Waals surface area contributed by atoms with E-state index in [4.69, 9.17) is 9.47 Å². The zero-order chi connectivity index (χ0) is 15.4. The van der Waals surface area contributed by atoms with E-state index in [1.807, 2.05) is 45.9 Å². The fourth-order valence-corrected chi connectivity index (χ4v) is 2.50. The third-order valence-corrected chi connectivity index (χ3v) is 3.33. The third kappa shape index (κ3) is 4.21. The zero-order valence-corrected chi connectivity index (χ0v) is 13.3. The molecule has 0 spiro atoms.